The largest absolute Gasteiger partial charge is 0.457 e. The molecule has 0 aliphatic heterocycles. The molecular formula is C18H11Br2N3O4. The number of furan rings is 1. The number of rotatable bonds is 5. The van der Waals surface area contributed by atoms with Gasteiger partial charge in [0.1, 0.15) is 0 Å². The molecule has 1 aromatic carbocycles. The van der Waals surface area contributed by atoms with Gasteiger partial charge in [0.15, 0.2) is 5.75 Å². The summed E-state index contributed by atoms with van der Waals surface area (Å²) in [5.41, 5.74) is 3.23. The number of pyridine rings is 1. The molecular weight excluding hydrogens is 482 g/mol. The number of halogens is 2. The molecule has 0 saturated heterocycles. The van der Waals surface area contributed by atoms with Gasteiger partial charge >= 0.3 is 5.97 Å². The Kier molecular flexibility index (Phi) is 6.15. The summed E-state index contributed by atoms with van der Waals surface area (Å²) >= 11 is 6.72. The normalized spacial score (nSPS) is 10.7. The highest BCUT2D eigenvalue weighted by atomic mass is 79.9. The van der Waals surface area contributed by atoms with Gasteiger partial charge in [0.25, 0.3) is 5.91 Å². The maximum atomic E-state index is 12.2. The third-order valence-electron chi connectivity index (χ3n) is 3.25. The van der Waals surface area contributed by atoms with Crippen LogP contribution >= 0.6 is 31.9 Å². The summed E-state index contributed by atoms with van der Waals surface area (Å²) in [6.45, 7) is 0. The molecule has 2 aromatic heterocycles. The van der Waals surface area contributed by atoms with Crippen molar-refractivity contribution in [1.29, 1.82) is 0 Å². The van der Waals surface area contributed by atoms with Gasteiger partial charge in [-0.1, -0.05) is 15.9 Å². The third kappa shape index (κ3) is 4.89. The summed E-state index contributed by atoms with van der Waals surface area (Å²) < 4.78 is 11.7. The molecule has 0 bridgehead atoms. The predicted molar refractivity (Wildman–Crippen MR) is 105 cm³/mol. The van der Waals surface area contributed by atoms with E-state index in [1.165, 1.54) is 24.7 Å². The second kappa shape index (κ2) is 8.74. The van der Waals surface area contributed by atoms with E-state index in [0.717, 1.165) is 4.47 Å². The summed E-state index contributed by atoms with van der Waals surface area (Å²) in [7, 11) is 0. The van der Waals surface area contributed by atoms with Crippen molar-refractivity contribution in [3.63, 3.8) is 0 Å². The van der Waals surface area contributed by atoms with Crippen molar-refractivity contribution >= 4 is 50.0 Å². The zero-order valence-corrected chi connectivity index (χ0v) is 16.7. The van der Waals surface area contributed by atoms with Gasteiger partial charge in [-0.15, -0.1) is 0 Å². The Balaban J connectivity index is 1.80. The first-order chi connectivity index (χ1) is 13.0. The van der Waals surface area contributed by atoms with E-state index in [0.29, 0.717) is 15.6 Å². The van der Waals surface area contributed by atoms with Crippen molar-refractivity contribution < 1.29 is 18.7 Å². The Morgan fingerprint density at radius 1 is 1.22 bits per heavy atom. The molecule has 3 rings (SSSR count). The van der Waals surface area contributed by atoms with E-state index in [9.17, 15) is 9.59 Å². The number of ether oxygens (including phenoxy) is 1. The maximum Gasteiger partial charge on any atom is 0.379 e. The van der Waals surface area contributed by atoms with Crippen LogP contribution in [0.1, 0.15) is 26.5 Å². The molecule has 0 aliphatic carbocycles. The summed E-state index contributed by atoms with van der Waals surface area (Å²) in [6.07, 6.45) is 5.74. The van der Waals surface area contributed by atoms with Crippen LogP contribution < -0.4 is 10.2 Å². The van der Waals surface area contributed by atoms with Crippen LogP contribution in [0.3, 0.4) is 0 Å². The summed E-state index contributed by atoms with van der Waals surface area (Å²) in [5, 5.41) is 3.92. The lowest BCUT2D eigenvalue weighted by Gasteiger charge is -2.09. The number of hydrogen-bond acceptors (Lipinski definition) is 6. The molecule has 0 radical (unpaired) electrons. The van der Waals surface area contributed by atoms with Crippen LogP contribution in [0.4, 0.5) is 0 Å². The molecule has 1 amide bonds. The number of amides is 1. The first kappa shape index (κ1) is 19.0. The van der Waals surface area contributed by atoms with Gasteiger partial charge in [-0.3, -0.25) is 9.78 Å². The predicted octanol–water partition coefficient (Wildman–Crippen LogP) is 4.18. The Labute approximate surface area is 170 Å². The minimum Gasteiger partial charge on any atom is -0.457 e. The number of esters is 1. The molecule has 0 atom stereocenters. The monoisotopic (exact) mass is 491 g/mol. The highest BCUT2D eigenvalue weighted by Crippen LogP contribution is 2.32. The lowest BCUT2D eigenvalue weighted by atomic mass is 10.2. The molecule has 0 aliphatic rings. The van der Waals surface area contributed by atoms with Gasteiger partial charge in [0.05, 0.1) is 22.5 Å². The number of nitrogens with one attached hydrogen (secondary N) is 1. The SMILES string of the molecule is O=C(N/N=C\c1cc(Br)cc(Br)c1OC(=O)c1ccco1)c1cccnc1. The molecule has 9 heteroatoms. The van der Waals surface area contributed by atoms with Gasteiger partial charge in [-0.05, 0) is 52.3 Å². The van der Waals surface area contributed by atoms with E-state index in [4.69, 9.17) is 9.15 Å². The smallest absolute Gasteiger partial charge is 0.379 e. The summed E-state index contributed by atoms with van der Waals surface area (Å²) in [6, 6.07) is 9.76. The minimum atomic E-state index is -0.655. The van der Waals surface area contributed by atoms with Crippen LogP contribution in [0.25, 0.3) is 0 Å². The van der Waals surface area contributed by atoms with Crippen LogP contribution in [-0.4, -0.2) is 23.1 Å². The second-order valence-corrected chi connectivity index (χ2v) is 6.88. The van der Waals surface area contributed by atoms with E-state index in [-0.39, 0.29) is 11.5 Å². The van der Waals surface area contributed by atoms with Crippen molar-refractivity contribution in [1.82, 2.24) is 10.4 Å². The Bertz CT molecular complexity index is 989. The first-order valence-corrected chi connectivity index (χ1v) is 9.11. The molecule has 1 N–H and O–H groups in total. The van der Waals surface area contributed by atoms with Crippen LogP contribution in [-0.2, 0) is 0 Å². The standard InChI is InChI=1S/C18H11Br2N3O4/c19-13-7-12(10-22-23-17(24)11-3-1-5-21-9-11)16(14(20)8-13)27-18(25)15-4-2-6-26-15/h1-10H,(H,23,24)/b22-10-. The molecule has 27 heavy (non-hydrogen) atoms. The van der Waals surface area contributed by atoms with Crippen molar-refractivity contribution in [3.8, 4) is 5.75 Å². The Morgan fingerprint density at radius 2 is 2.07 bits per heavy atom. The minimum absolute atomic E-state index is 0.0672. The molecule has 136 valence electrons. The Hall–Kier alpha value is -2.78. The molecule has 0 fully saturated rings. The number of carbonyl (C=O) groups excluding carboxylic acids is 2. The summed E-state index contributed by atoms with van der Waals surface area (Å²) in [5.74, 6) is -0.767. The number of benzene rings is 1. The van der Waals surface area contributed by atoms with E-state index in [2.05, 4.69) is 47.4 Å². The van der Waals surface area contributed by atoms with Crippen molar-refractivity contribution in [3.05, 3.63) is 80.9 Å². The zero-order chi connectivity index (χ0) is 19.2. The lowest BCUT2D eigenvalue weighted by Crippen LogP contribution is -2.17. The van der Waals surface area contributed by atoms with E-state index >= 15 is 0 Å². The van der Waals surface area contributed by atoms with Gasteiger partial charge in [-0.2, -0.15) is 5.10 Å². The molecule has 0 saturated carbocycles. The average molecular weight is 493 g/mol. The fraction of sp³-hybridized carbons (Fsp3) is 0. The van der Waals surface area contributed by atoms with Crippen LogP contribution in [0, 0.1) is 0 Å². The average Bonchev–Trinajstić information content (AvgIpc) is 3.20. The van der Waals surface area contributed by atoms with Gasteiger partial charge in [0, 0.05) is 22.4 Å². The van der Waals surface area contributed by atoms with E-state index in [1.807, 2.05) is 0 Å². The quantitative estimate of drug-likeness (QED) is 0.249. The van der Waals surface area contributed by atoms with Crippen LogP contribution in [0.15, 0.2) is 73.5 Å². The number of nitrogens with zero attached hydrogens (tertiary/aromatic N) is 2. The van der Waals surface area contributed by atoms with Crippen LogP contribution in [0.5, 0.6) is 5.75 Å². The maximum absolute atomic E-state index is 12.2. The highest BCUT2D eigenvalue weighted by molar-refractivity contribution is 9.11. The van der Waals surface area contributed by atoms with E-state index in [1.54, 1.807) is 36.5 Å². The topological polar surface area (TPSA) is 93.8 Å². The van der Waals surface area contributed by atoms with Gasteiger partial charge in [-0.25, -0.2) is 10.2 Å². The number of hydrazone groups is 1. The van der Waals surface area contributed by atoms with Crippen LogP contribution in [0.2, 0.25) is 0 Å². The van der Waals surface area contributed by atoms with Gasteiger partial charge in [0.2, 0.25) is 5.76 Å². The fourth-order valence-corrected chi connectivity index (χ4v) is 3.38. The molecule has 3 aromatic rings. The highest BCUT2D eigenvalue weighted by Gasteiger charge is 2.17. The first-order valence-electron chi connectivity index (χ1n) is 7.53. The molecule has 0 unspecified atom stereocenters. The van der Waals surface area contributed by atoms with Crippen molar-refractivity contribution in [2.45, 2.75) is 0 Å². The van der Waals surface area contributed by atoms with Crippen molar-refractivity contribution in [2.24, 2.45) is 5.10 Å². The van der Waals surface area contributed by atoms with E-state index < -0.39 is 11.9 Å². The summed E-state index contributed by atoms with van der Waals surface area (Å²) in [4.78, 5) is 28.0. The molecule has 2 heterocycles. The van der Waals surface area contributed by atoms with Crippen molar-refractivity contribution in [2.75, 3.05) is 0 Å². The van der Waals surface area contributed by atoms with Gasteiger partial charge < -0.3 is 9.15 Å². The zero-order valence-electron chi connectivity index (χ0n) is 13.6. The fourth-order valence-electron chi connectivity index (χ4n) is 2.04. The Morgan fingerprint density at radius 3 is 2.78 bits per heavy atom. The number of aromatic nitrogens is 1. The number of carbonyl (C=O) groups is 2. The molecule has 7 nitrogen and oxygen atoms in total. The molecule has 0 spiro atoms. The second-order valence-electron chi connectivity index (χ2n) is 5.11. The number of hydrogen-bond donors (Lipinski definition) is 1. The lowest BCUT2D eigenvalue weighted by molar-refractivity contribution is 0.0699. The third-order valence-corrected chi connectivity index (χ3v) is 4.29.